The molecule has 0 radical (unpaired) electrons. The number of anilines is 2. The Morgan fingerprint density at radius 3 is 2.74 bits per heavy atom. The molecular formula is C14H18N4O3S2. The third-order valence-electron chi connectivity index (χ3n) is 2.86. The maximum Gasteiger partial charge on any atom is 0.275 e. The van der Waals surface area contributed by atoms with Crippen molar-refractivity contribution >= 4 is 38.6 Å². The summed E-state index contributed by atoms with van der Waals surface area (Å²) in [5, 5.41) is 5.13. The van der Waals surface area contributed by atoms with Crippen molar-refractivity contribution in [1.82, 2.24) is 4.98 Å². The van der Waals surface area contributed by atoms with Gasteiger partial charge in [-0.3, -0.25) is 9.52 Å². The quantitative estimate of drug-likeness (QED) is 0.728. The molecular weight excluding hydrogens is 336 g/mol. The van der Waals surface area contributed by atoms with Crippen LogP contribution in [0.25, 0.3) is 0 Å². The van der Waals surface area contributed by atoms with Gasteiger partial charge in [0.2, 0.25) is 10.0 Å². The molecule has 0 spiro atoms. The fourth-order valence-electron chi connectivity index (χ4n) is 1.89. The topological polar surface area (TPSA) is 114 Å². The number of benzene rings is 1. The molecule has 7 nitrogen and oxygen atoms in total. The SMILES string of the molecule is Cc1ccc(NS(C)(=O)=O)c(NC(=O)c2csc(CCN)n2)c1. The number of nitrogens with two attached hydrogens (primary N) is 1. The van der Waals surface area contributed by atoms with Crippen molar-refractivity contribution in [2.75, 3.05) is 22.8 Å². The molecule has 2 aromatic rings. The fraction of sp³-hybridized carbons (Fsp3) is 0.286. The molecule has 23 heavy (non-hydrogen) atoms. The van der Waals surface area contributed by atoms with Crippen molar-refractivity contribution in [1.29, 1.82) is 0 Å². The van der Waals surface area contributed by atoms with E-state index in [4.69, 9.17) is 5.73 Å². The standard InChI is InChI=1S/C14H18N4O3S2/c1-9-3-4-10(18-23(2,20)21)11(7-9)17-14(19)12-8-22-13(16-12)5-6-15/h3-4,7-8,18H,5-6,15H2,1-2H3,(H,17,19). The van der Waals surface area contributed by atoms with Crippen LogP contribution in [-0.4, -0.2) is 32.1 Å². The third kappa shape index (κ3) is 5.02. The fourth-order valence-corrected chi connectivity index (χ4v) is 3.26. The summed E-state index contributed by atoms with van der Waals surface area (Å²) < 4.78 is 25.2. The largest absolute Gasteiger partial charge is 0.330 e. The Labute approximate surface area is 139 Å². The molecule has 0 bridgehead atoms. The minimum atomic E-state index is -3.44. The van der Waals surface area contributed by atoms with Gasteiger partial charge >= 0.3 is 0 Å². The number of nitrogens with zero attached hydrogens (tertiary/aromatic N) is 1. The zero-order chi connectivity index (χ0) is 17.0. The van der Waals surface area contributed by atoms with Crippen molar-refractivity contribution in [3.05, 3.63) is 39.8 Å². The van der Waals surface area contributed by atoms with Gasteiger partial charge in [0.05, 0.1) is 22.6 Å². The molecule has 0 fully saturated rings. The van der Waals surface area contributed by atoms with Gasteiger partial charge in [-0.1, -0.05) is 6.07 Å². The van der Waals surface area contributed by atoms with E-state index in [9.17, 15) is 13.2 Å². The van der Waals surface area contributed by atoms with E-state index in [1.165, 1.54) is 11.3 Å². The second kappa shape index (κ2) is 7.07. The number of thiazole rings is 1. The van der Waals surface area contributed by atoms with Crippen LogP contribution in [0.15, 0.2) is 23.6 Å². The van der Waals surface area contributed by atoms with E-state index < -0.39 is 15.9 Å². The number of carbonyl (C=O) groups excluding carboxylic acids is 1. The Balaban J connectivity index is 2.23. The van der Waals surface area contributed by atoms with E-state index in [0.717, 1.165) is 16.8 Å². The number of hydrogen-bond acceptors (Lipinski definition) is 6. The molecule has 4 N–H and O–H groups in total. The summed E-state index contributed by atoms with van der Waals surface area (Å²) >= 11 is 1.37. The number of rotatable bonds is 6. The lowest BCUT2D eigenvalue weighted by Crippen LogP contribution is -2.16. The van der Waals surface area contributed by atoms with Gasteiger partial charge in [-0.2, -0.15) is 0 Å². The monoisotopic (exact) mass is 354 g/mol. The summed E-state index contributed by atoms with van der Waals surface area (Å²) in [4.78, 5) is 16.5. The Morgan fingerprint density at radius 2 is 2.09 bits per heavy atom. The van der Waals surface area contributed by atoms with E-state index in [1.54, 1.807) is 23.6 Å². The minimum absolute atomic E-state index is 0.283. The van der Waals surface area contributed by atoms with E-state index in [0.29, 0.717) is 24.3 Å². The maximum atomic E-state index is 12.3. The number of aryl methyl sites for hydroxylation is 1. The Morgan fingerprint density at radius 1 is 1.35 bits per heavy atom. The van der Waals surface area contributed by atoms with Crippen LogP contribution in [0.5, 0.6) is 0 Å². The van der Waals surface area contributed by atoms with Gasteiger partial charge < -0.3 is 11.1 Å². The summed E-state index contributed by atoms with van der Waals surface area (Å²) in [6.45, 7) is 2.32. The van der Waals surface area contributed by atoms with Gasteiger partial charge in [0.25, 0.3) is 5.91 Å². The number of aromatic nitrogens is 1. The highest BCUT2D eigenvalue weighted by molar-refractivity contribution is 7.92. The van der Waals surface area contributed by atoms with Crippen LogP contribution in [0.3, 0.4) is 0 Å². The summed E-state index contributed by atoms with van der Waals surface area (Å²) in [5.74, 6) is -0.397. The minimum Gasteiger partial charge on any atom is -0.330 e. The Bertz CT molecular complexity index is 815. The van der Waals surface area contributed by atoms with Gasteiger partial charge in [0.15, 0.2) is 0 Å². The van der Waals surface area contributed by atoms with Gasteiger partial charge in [0, 0.05) is 11.8 Å². The highest BCUT2D eigenvalue weighted by atomic mass is 32.2. The summed E-state index contributed by atoms with van der Waals surface area (Å²) in [6.07, 6.45) is 1.67. The lowest BCUT2D eigenvalue weighted by atomic mass is 10.2. The lowest BCUT2D eigenvalue weighted by Gasteiger charge is -2.12. The highest BCUT2D eigenvalue weighted by Crippen LogP contribution is 2.25. The molecule has 0 aliphatic rings. The van der Waals surface area contributed by atoms with Crippen molar-refractivity contribution in [3.8, 4) is 0 Å². The molecule has 124 valence electrons. The number of nitrogens with one attached hydrogen (secondary N) is 2. The lowest BCUT2D eigenvalue weighted by molar-refractivity contribution is 0.102. The molecule has 1 aromatic heterocycles. The predicted molar refractivity (Wildman–Crippen MR) is 92.5 cm³/mol. The highest BCUT2D eigenvalue weighted by Gasteiger charge is 2.14. The molecule has 0 saturated carbocycles. The Hall–Kier alpha value is -1.97. The second-order valence-electron chi connectivity index (χ2n) is 5.04. The van der Waals surface area contributed by atoms with E-state index >= 15 is 0 Å². The number of hydrogen-bond donors (Lipinski definition) is 3. The molecule has 0 aliphatic heterocycles. The number of carbonyl (C=O) groups is 1. The van der Waals surface area contributed by atoms with Gasteiger partial charge in [-0.05, 0) is 31.2 Å². The van der Waals surface area contributed by atoms with Crippen LogP contribution in [0, 0.1) is 6.92 Å². The van der Waals surface area contributed by atoms with Crippen LogP contribution in [0.2, 0.25) is 0 Å². The molecule has 0 saturated heterocycles. The normalized spacial score (nSPS) is 11.3. The number of amides is 1. The maximum absolute atomic E-state index is 12.3. The van der Waals surface area contributed by atoms with Crippen molar-refractivity contribution in [3.63, 3.8) is 0 Å². The average Bonchev–Trinajstić information content (AvgIpc) is 2.90. The van der Waals surface area contributed by atoms with E-state index in [-0.39, 0.29) is 5.69 Å². The zero-order valence-electron chi connectivity index (χ0n) is 12.8. The molecule has 1 heterocycles. The van der Waals surface area contributed by atoms with Crippen molar-refractivity contribution in [2.24, 2.45) is 5.73 Å². The molecule has 0 aliphatic carbocycles. The van der Waals surface area contributed by atoms with Crippen molar-refractivity contribution in [2.45, 2.75) is 13.3 Å². The molecule has 1 amide bonds. The smallest absolute Gasteiger partial charge is 0.275 e. The van der Waals surface area contributed by atoms with Crippen LogP contribution in [0.4, 0.5) is 11.4 Å². The van der Waals surface area contributed by atoms with Gasteiger partial charge in [-0.25, -0.2) is 13.4 Å². The molecule has 0 atom stereocenters. The van der Waals surface area contributed by atoms with Crippen molar-refractivity contribution < 1.29 is 13.2 Å². The first-order valence-corrected chi connectivity index (χ1v) is 9.60. The first-order chi connectivity index (χ1) is 10.8. The average molecular weight is 354 g/mol. The van der Waals surface area contributed by atoms with Crippen LogP contribution >= 0.6 is 11.3 Å². The third-order valence-corrected chi connectivity index (χ3v) is 4.36. The zero-order valence-corrected chi connectivity index (χ0v) is 14.4. The van der Waals surface area contributed by atoms with Crippen LogP contribution in [0.1, 0.15) is 21.1 Å². The second-order valence-corrected chi connectivity index (χ2v) is 7.73. The van der Waals surface area contributed by atoms with E-state index in [1.807, 2.05) is 6.92 Å². The first kappa shape index (κ1) is 17.4. The molecule has 2 rings (SSSR count). The number of sulfonamides is 1. The van der Waals surface area contributed by atoms with Gasteiger partial charge in [-0.15, -0.1) is 11.3 Å². The summed E-state index contributed by atoms with van der Waals surface area (Å²) in [5.41, 5.74) is 7.33. The predicted octanol–water partition coefficient (Wildman–Crippen LogP) is 1.58. The van der Waals surface area contributed by atoms with E-state index in [2.05, 4.69) is 15.0 Å². The van der Waals surface area contributed by atoms with Crippen LogP contribution < -0.4 is 15.8 Å². The van der Waals surface area contributed by atoms with Gasteiger partial charge in [0.1, 0.15) is 5.69 Å². The first-order valence-electron chi connectivity index (χ1n) is 6.83. The summed E-state index contributed by atoms with van der Waals surface area (Å²) in [6, 6.07) is 5.05. The molecule has 1 aromatic carbocycles. The summed E-state index contributed by atoms with van der Waals surface area (Å²) in [7, 11) is -3.44. The van der Waals surface area contributed by atoms with Crippen LogP contribution in [-0.2, 0) is 16.4 Å². The molecule has 9 heteroatoms. The Kier molecular flexibility index (Phi) is 5.34. The molecule has 0 unspecified atom stereocenters.